The molecule has 0 amide bonds. The highest BCUT2D eigenvalue weighted by Crippen LogP contribution is 2.21. The van der Waals surface area contributed by atoms with Gasteiger partial charge in [-0.15, -0.1) is 0 Å². The van der Waals surface area contributed by atoms with E-state index in [2.05, 4.69) is 4.74 Å². The topological polar surface area (TPSA) is 76.8 Å². The van der Waals surface area contributed by atoms with E-state index in [1.807, 2.05) is 6.92 Å². The summed E-state index contributed by atoms with van der Waals surface area (Å²) in [5.41, 5.74) is 0. The summed E-state index contributed by atoms with van der Waals surface area (Å²) in [7, 11) is -2.45. The van der Waals surface area contributed by atoms with Crippen molar-refractivity contribution in [2.45, 2.75) is 24.8 Å². The molecule has 2 rings (SSSR count). The van der Waals surface area contributed by atoms with Gasteiger partial charge in [-0.05, 0) is 42.8 Å². The number of hydrogen-bond acceptors (Lipinski definition) is 5. The minimum absolute atomic E-state index is 0.0236. The zero-order valence-corrected chi connectivity index (χ0v) is 14.9. The number of hydrogen-bond donors (Lipinski definition) is 0. The van der Waals surface area contributed by atoms with E-state index in [4.69, 9.17) is 16.0 Å². The summed E-state index contributed by atoms with van der Waals surface area (Å²) in [5, 5.41) is 0.463. The van der Waals surface area contributed by atoms with Crippen LogP contribution in [0.2, 0.25) is 5.02 Å². The summed E-state index contributed by atoms with van der Waals surface area (Å²) in [6, 6.07) is 9.00. The Labute approximate surface area is 146 Å². The fraction of sp³-hybridized carbons (Fsp3) is 0.312. The number of sulfonamides is 1. The van der Waals surface area contributed by atoms with Crippen molar-refractivity contribution in [3.8, 4) is 0 Å². The summed E-state index contributed by atoms with van der Waals surface area (Å²) in [6.07, 6.45) is 0.636. The number of esters is 1. The van der Waals surface area contributed by atoms with Crippen molar-refractivity contribution < 1.29 is 22.4 Å². The van der Waals surface area contributed by atoms with Gasteiger partial charge in [-0.2, -0.15) is 4.31 Å². The SMILES string of the molecule is CCCN(Cc1ccc(C(=O)OC)o1)S(=O)(=O)c1ccc(Cl)cc1. The Balaban J connectivity index is 2.26. The van der Waals surface area contributed by atoms with Crippen molar-refractivity contribution in [1.29, 1.82) is 0 Å². The number of carbonyl (C=O) groups excluding carboxylic acids is 1. The quantitative estimate of drug-likeness (QED) is 0.698. The van der Waals surface area contributed by atoms with Crippen LogP contribution in [-0.4, -0.2) is 32.3 Å². The molecule has 0 saturated carbocycles. The maximum atomic E-state index is 12.8. The highest BCUT2D eigenvalue weighted by Gasteiger charge is 2.25. The van der Waals surface area contributed by atoms with E-state index in [0.717, 1.165) is 0 Å². The molecule has 0 spiro atoms. The largest absolute Gasteiger partial charge is 0.463 e. The summed E-state index contributed by atoms with van der Waals surface area (Å²) >= 11 is 5.81. The van der Waals surface area contributed by atoms with E-state index in [9.17, 15) is 13.2 Å². The third-order valence-corrected chi connectivity index (χ3v) is 5.42. The second kappa shape index (κ2) is 7.83. The van der Waals surface area contributed by atoms with Gasteiger partial charge in [0.25, 0.3) is 0 Å². The van der Waals surface area contributed by atoms with Crippen LogP contribution in [0.4, 0.5) is 0 Å². The van der Waals surface area contributed by atoms with E-state index in [0.29, 0.717) is 23.7 Å². The molecule has 0 unspecified atom stereocenters. The normalized spacial score (nSPS) is 11.7. The fourth-order valence-electron chi connectivity index (χ4n) is 2.14. The van der Waals surface area contributed by atoms with Crippen molar-refractivity contribution in [3.63, 3.8) is 0 Å². The Kier molecular flexibility index (Phi) is 6.04. The van der Waals surface area contributed by atoms with Crippen molar-refractivity contribution >= 4 is 27.6 Å². The van der Waals surface area contributed by atoms with Crippen LogP contribution in [0.3, 0.4) is 0 Å². The third-order valence-electron chi connectivity index (χ3n) is 3.30. The van der Waals surface area contributed by atoms with Crippen LogP contribution >= 0.6 is 11.6 Å². The summed E-state index contributed by atoms with van der Waals surface area (Å²) in [4.78, 5) is 11.6. The van der Waals surface area contributed by atoms with Crippen LogP contribution in [0.1, 0.15) is 29.7 Å². The molecule has 1 aromatic carbocycles. The maximum absolute atomic E-state index is 12.8. The average molecular weight is 372 g/mol. The van der Waals surface area contributed by atoms with Gasteiger partial charge < -0.3 is 9.15 Å². The number of ether oxygens (including phenoxy) is 1. The third kappa shape index (κ3) is 4.17. The molecule has 0 aliphatic rings. The molecular weight excluding hydrogens is 354 g/mol. The van der Waals surface area contributed by atoms with Crippen molar-refractivity contribution in [3.05, 3.63) is 52.9 Å². The Morgan fingerprint density at radius 3 is 2.46 bits per heavy atom. The number of rotatable bonds is 7. The monoisotopic (exact) mass is 371 g/mol. The predicted octanol–water partition coefficient (Wildman–Crippen LogP) is 3.32. The standard InChI is InChI=1S/C16H18ClNO5S/c1-3-10-18(11-13-6-9-15(23-13)16(19)22-2)24(20,21)14-7-4-12(17)5-8-14/h4-9H,3,10-11H2,1-2H3. The number of benzene rings is 1. The molecule has 130 valence electrons. The van der Waals surface area contributed by atoms with Crippen molar-refractivity contribution in [2.24, 2.45) is 0 Å². The van der Waals surface area contributed by atoms with Gasteiger partial charge in [-0.3, -0.25) is 0 Å². The second-order valence-corrected chi connectivity index (χ2v) is 7.42. The lowest BCUT2D eigenvalue weighted by Crippen LogP contribution is -2.31. The Bertz CT molecular complexity index is 798. The van der Waals surface area contributed by atoms with Crippen LogP contribution in [0.15, 0.2) is 45.7 Å². The minimum atomic E-state index is -3.70. The molecule has 8 heteroatoms. The van der Waals surface area contributed by atoms with E-state index in [1.54, 1.807) is 6.07 Å². The van der Waals surface area contributed by atoms with Gasteiger partial charge in [0.1, 0.15) is 5.76 Å². The van der Waals surface area contributed by atoms with Gasteiger partial charge in [-0.25, -0.2) is 13.2 Å². The molecule has 0 radical (unpaired) electrons. The second-order valence-electron chi connectivity index (χ2n) is 5.05. The zero-order valence-electron chi connectivity index (χ0n) is 13.4. The summed E-state index contributed by atoms with van der Waals surface area (Å²) in [6.45, 7) is 2.22. The molecule has 0 atom stereocenters. The highest BCUT2D eigenvalue weighted by atomic mass is 35.5. The molecule has 24 heavy (non-hydrogen) atoms. The van der Waals surface area contributed by atoms with Gasteiger partial charge in [-0.1, -0.05) is 18.5 Å². The van der Waals surface area contributed by atoms with Crippen molar-refractivity contribution in [1.82, 2.24) is 4.31 Å². The lowest BCUT2D eigenvalue weighted by atomic mass is 10.4. The van der Waals surface area contributed by atoms with E-state index in [1.165, 1.54) is 41.7 Å². The molecule has 0 aliphatic heterocycles. The fourth-order valence-corrected chi connectivity index (χ4v) is 3.76. The number of carbonyl (C=O) groups is 1. The van der Waals surface area contributed by atoms with Crippen molar-refractivity contribution in [2.75, 3.05) is 13.7 Å². The Morgan fingerprint density at radius 2 is 1.88 bits per heavy atom. The zero-order chi connectivity index (χ0) is 17.7. The first-order chi connectivity index (χ1) is 11.4. The molecule has 0 saturated heterocycles. The molecule has 0 fully saturated rings. The molecule has 1 heterocycles. The van der Waals surface area contributed by atoms with Crippen LogP contribution < -0.4 is 0 Å². The Morgan fingerprint density at radius 1 is 1.21 bits per heavy atom. The number of methoxy groups -OCH3 is 1. The molecular formula is C16H18ClNO5S. The molecule has 6 nitrogen and oxygen atoms in total. The lowest BCUT2D eigenvalue weighted by Gasteiger charge is -2.20. The van der Waals surface area contributed by atoms with E-state index >= 15 is 0 Å². The van der Waals surface area contributed by atoms with E-state index in [-0.39, 0.29) is 17.2 Å². The van der Waals surface area contributed by atoms with Gasteiger partial charge in [0.05, 0.1) is 18.6 Å². The van der Waals surface area contributed by atoms with Crippen LogP contribution in [0.5, 0.6) is 0 Å². The summed E-state index contributed by atoms with van der Waals surface area (Å²) in [5.74, 6) is -0.210. The molecule has 0 aliphatic carbocycles. The average Bonchev–Trinajstić information content (AvgIpc) is 3.03. The van der Waals surface area contributed by atoms with Crippen LogP contribution in [0, 0.1) is 0 Å². The molecule has 0 bridgehead atoms. The molecule has 0 N–H and O–H groups in total. The van der Waals surface area contributed by atoms with Crippen LogP contribution in [0.25, 0.3) is 0 Å². The van der Waals surface area contributed by atoms with Gasteiger partial charge >= 0.3 is 5.97 Å². The first-order valence-corrected chi connectivity index (χ1v) is 9.13. The predicted molar refractivity (Wildman–Crippen MR) is 89.4 cm³/mol. The van der Waals surface area contributed by atoms with Gasteiger partial charge in [0, 0.05) is 11.6 Å². The summed E-state index contributed by atoms with van der Waals surface area (Å²) < 4.78 is 36.8. The lowest BCUT2D eigenvalue weighted by molar-refractivity contribution is 0.0562. The minimum Gasteiger partial charge on any atom is -0.463 e. The van der Waals surface area contributed by atoms with E-state index < -0.39 is 16.0 Å². The first kappa shape index (κ1) is 18.5. The molecule has 2 aromatic rings. The number of halogens is 1. The highest BCUT2D eigenvalue weighted by molar-refractivity contribution is 7.89. The smallest absolute Gasteiger partial charge is 0.373 e. The van der Waals surface area contributed by atoms with Gasteiger partial charge in [0.15, 0.2) is 0 Å². The number of nitrogens with zero attached hydrogens (tertiary/aromatic N) is 1. The number of furan rings is 1. The first-order valence-electron chi connectivity index (χ1n) is 7.31. The van der Waals surface area contributed by atoms with Crippen LogP contribution in [-0.2, 0) is 21.3 Å². The maximum Gasteiger partial charge on any atom is 0.373 e. The Hall–Kier alpha value is -1.83. The molecule has 1 aromatic heterocycles. The van der Waals surface area contributed by atoms with Gasteiger partial charge in [0.2, 0.25) is 15.8 Å².